The highest BCUT2D eigenvalue weighted by atomic mass is 16.2. The summed E-state index contributed by atoms with van der Waals surface area (Å²) in [5, 5.41) is 3.20. The van der Waals surface area contributed by atoms with Crippen LogP contribution >= 0.6 is 0 Å². The van der Waals surface area contributed by atoms with E-state index in [9.17, 15) is 4.79 Å². The van der Waals surface area contributed by atoms with Crippen molar-refractivity contribution in [3.8, 4) is 0 Å². The molecule has 0 aliphatic carbocycles. The summed E-state index contributed by atoms with van der Waals surface area (Å²) >= 11 is 0. The first-order valence-electron chi connectivity index (χ1n) is 8.93. The molecule has 2 bridgehead atoms. The van der Waals surface area contributed by atoms with E-state index in [-0.39, 0.29) is 11.3 Å². The topological polar surface area (TPSA) is 32.3 Å². The molecule has 3 saturated heterocycles. The van der Waals surface area contributed by atoms with Gasteiger partial charge in [0, 0.05) is 11.7 Å². The van der Waals surface area contributed by atoms with Gasteiger partial charge in [0.05, 0.1) is 5.41 Å². The van der Waals surface area contributed by atoms with Gasteiger partial charge in [-0.2, -0.15) is 0 Å². The van der Waals surface area contributed by atoms with Crippen LogP contribution in [-0.4, -0.2) is 29.9 Å². The monoisotopic (exact) mass is 298 g/mol. The van der Waals surface area contributed by atoms with E-state index in [1.807, 2.05) is 6.07 Å². The Kier molecular flexibility index (Phi) is 3.48. The van der Waals surface area contributed by atoms with Crippen molar-refractivity contribution >= 4 is 11.6 Å². The second kappa shape index (κ2) is 5.38. The molecule has 118 valence electrons. The van der Waals surface area contributed by atoms with Crippen LogP contribution < -0.4 is 5.32 Å². The van der Waals surface area contributed by atoms with E-state index in [1.54, 1.807) is 0 Å². The molecule has 3 heteroatoms. The van der Waals surface area contributed by atoms with Crippen molar-refractivity contribution in [2.24, 2.45) is 5.92 Å². The number of nitrogens with one attached hydrogen (secondary N) is 1. The zero-order valence-corrected chi connectivity index (χ0v) is 13.5. The first-order valence-corrected chi connectivity index (χ1v) is 8.93. The van der Waals surface area contributed by atoms with Gasteiger partial charge >= 0.3 is 0 Å². The van der Waals surface area contributed by atoms with Crippen molar-refractivity contribution in [2.75, 3.05) is 18.4 Å². The largest absolute Gasteiger partial charge is 0.325 e. The Morgan fingerprint density at radius 2 is 2.00 bits per heavy atom. The van der Waals surface area contributed by atoms with Crippen molar-refractivity contribution in [1.82, 2.24) is 4.90 Å². The summed E-state index contributed by atoms with van der Waals surface area (Å²) in [6.45, 7) is 4.61. The van der Waals surface area contributed by atoms with Crippen LogP contribution in [0.15, 0.2) is 24.3 Å². The second-order valence-corrected chi connectivity index (χ2v) is 7.19. The SMILES string of the molecule is CCCCC[C@@H]1N2CCC(CC2)[C@]12C(=O)Nc1ccccc12. The third-order valence-electron chi connectivity index (χ3n) is 6.22. The molecule has 1 aromatic rings. The highest BCUT2D eigenvalue weighted by Gasteiger charge is 2.61. The van der Waals surface area contributed by atoms with Crippen LogP contribution in [0.25, 0.3) is 0 Å². The number of amides is 1. The fourth-order valence-corrected chi connectivity index (χ4v) is 5.26. The molecule has 0 unspecified atom stereocenters. The zero-order chi connectivity index (χ0) is 15.2. The molecule has 0 saturated carbocycles. The number of unbranched alkanes of at least 4 members (excludes halogenated alkanes) is 2. The summed E-state index contributed by atoms with van der Waals surface area (Å²) in [5.74, 6) is 0.789. The third kappa shape index (κ3) is 1.81. The van der Waals surface area contributed by atoms with Crippen LogP contribution in [0, 0.1) is 5.92 Å². The molecule has 2 atom stereocenters. The van der Waals surface area contributed by atoms with Gasteiger partial charge in [-0.05, 0) is 49.9 Å². The number of fused-ring (bicyclic) bond motifs is 3. The van der Waals surface area contributed by atoms with Crippen molar-refractivity contribution in [1.29, 1.82) is 0 Å². The summed E-state index contributed by atoms with van der Waals surface area (Å²) in [6.07, 6.45) is 7.26. The number of para-hydroxylation sites is 1. The quantitative estimate of drug-likeness (QED) is 0.862. The minimum absolute atomic E-state index is 0.268. The van der Waals surface area contributed by atoms with Crippen molar-refractivity contribution in [2.45, 2.75) is 56.9 Å². The second-order valence-electron chi connectivity index (χ2n) is 7.19. The average Bonchev–Trinajstić information content (AvgIpc) is 2.84. The van der Waals surface area contributed by atoms with Crippen molar-refractivity contribution < 1.29 is 4.79 Å². The minimum atomic E-state index is -0.277. The molecule has 0 radical (unpaired) electrons. The third-order valence-corrected chi connectivity index (χ3v) is 6.22. The molecule has 1 N–H and O–H groups in total. The highest BCUT2D eigenvalue weighted by molar-refractivity contribution is 6.07. The fraction of sp³-hybridized carbons (Fsp3) is 0.632. The van der Waals surface area contributed by atoms with E-state index in [0.29, 0.717) is 12.0 Å². The van der Waals surface area contributed by atoms with E-state index >= 15 is 0 Å². The van der Waals surface area contributed by atoms with Gasteiger partial charge in [0.1, 0.15) is 0 Å². The normalized spacial score (nSPS) is 35.7. The Morgan fingerprint density at radius 1 is 1.23 bits per heavy atom. The van der Waals surface area contributed by atoms with Crippen LogP contribution in [0.3, 0.4) is 0 Å². The molecule has 22 heavy (non-hydrogen) atoms. The number of anilines is 1. The molecule has 1 spiro atoms. The molecule has 5 rings (SSSR count). The molecule has 3 nitrogen and oxygen atoms in total. The first kappa shape index (κ1) is 14.3. The predicted octanol–water partition coefficient (Wildman–Crippen LogP) is 3.55. The van der Waals surface area contributed by atoms with Gasteiger partial charge in [-0.1, -0.05) is 44.4 Å². The Bertz CT molecular complexity index is 577. The lowest BCUT2D eigenvalue weighted by molar-refractivity contribution is -0.134. The van der Waals surface area contributed by atoms with E-state index in [0.717, 1.165) is 12.1 Å². The summed E-state index contributed by atoms with van der Waals surface area (Å²) in [6, 6.07) is 8.80. The van der Waals surface area contributed by atoms with E-state index in [2.05, 4.69) is 35.3 Å². The van der Waals surface area contributed by atoms with Gasteiger partial charge in [-0.15, -0.1) is 0 Å². The molecule has 4 heterocycles. The number of carbonyl (C=O) groups excluding carboxylic acids is 1. The van der Waals surface area contributed by atoms with E-state index < -0.39 is 0 Å². The summed E-state index contributed by atoms with van der Waals surface area (Å²) in [4.78, 5) is 15.7. The van der Waals surface area contributed by atoms with Gasteiger partial charge in [0.2, 0.25) is 5.91 Å². The Labute approximate surface area is 133 Å². The maximum atomic E-state index is 13.1. The zero-order valence-electron chi connectivity index (χ0n) is 13.5. The number of nitrogens with zero attached hydrogens (tertiary/aromatic N) is 1. The number of hydrogen-bond acceptors (Lipinski definition) is 2. The molecule has 4 aliphatic heterocycles. The molecule has 3 fully saturated rings. The molecular weight excluding hydrogens is 272 g/mol. The summed E-state index contributed by atoms with van der Waals surface area (Å²) in [5.41, 5.74) is 2.05. The lowest BCUT2D eigenvalue weighted by atomic mass is 9.58. The summed E-state index contributed by atoms with van der Waals surface area (Å²) in [7, 11) is 0. The first-order chi connectivity index (χ1) is 10.8. The maximum Gasteiger partial charge on any atom is 0.237 e. The average molecular weight is 298 g/mol. The van der Waals surface area contributed by atoms with Gasteiger partial charge in [-0.3, -0.25) is 9.69 Å². The van der Waals surface area contributed by atoms with Crippen LogP contribution in [0.2, 0.25) is 0 Å². The molecule has 0 aromatic heterocycles. The molecule has 1 amide bonds. The number of carbonyl (C=O) groups is 1. The standard InChI is InChI=1S/C19H26N2O/c1-2-3-4-9-17-19(14-10-12-21(17)13-11-14)15-7-5-6-8-16(15)20-18(19)22/h5-8,14,17H,2-4,9-13H2,1H3,(H,20,22)/t17-,19+/m0/s1. The smallest absolute Gasteiger partial charge is 0.237 e. The van der Waals surface area contributed by atoms with Gasteiger partial charge < -0.3 is 5.32 Å². The van der Waals surface area contributed by atoms with Crippen LogP contribution in [0.5, 0.6) is 0 Å². The summed E-state index contributed by atoms with van der Waals surface area (Å²) < 4.78 is 0. The van der Waals surface area contributed by atoms with E-state index in [4.69, 9.17) is 0 Å². The van der Waals surface area contributed by atoms with Gasteiger partial charge in [0.25, 0.3) is 0 Å². The number of piperidine rings is 3. The van der Waals surface area contributed by atoms with Crippen LogP contribution in [-0.2, 0) is 10.2 Å². The van der Waals surface area contributed by atoms with E-state index in [1.165, 1.54) is 50.8 Å². The van der Waals surface area contributed by atoms with Crippen molar-refractivity contribution in [3.05, 3.63) is 29.8 Å². The van der Waals surface area contributed by atoms with Gasteiger partial charge in [-0.25, -0.2) is 0 Å². The lowest BCUT2D eigenvalue weighted by Gasteiger charge is -2.56. The lowest BCUT2D eigenvalue weighted by Crippen LogP contribution is -2.66. The number of benzene rings is 1. The Morgan fingerprint density at radius 3 is 2.77 bits per heavy atom. The van der Waals surface area contributed by atoms with Crippen LogP contribution in [0.1, 0.15) is 51.0 Å². The van der Waals surface area contributed by atoms with Crippen LogP contribution in [0.4, 0.5) is 5.69 Å². The maximum absolute atomic E-state index is 13.1. The predicted molar refractivity (Wildman–Crippen MR) is 89.0 cm³/mol. The minimum Gasteiger partial charge on any atom is -0.325 e. The number of rotatable bonds is 4. The van der Waals surface area contributed by atoms with Crippen molar-refractivity contribution in [3.63, 3.8) is 0 Å². The Balaban J connectivity index is 1.77. The molecule has 4 aliphatic rings. The molecule has 1 aromatic carbocycles. The highest BCUT2D eigenvalue weighted by Crippen LogP contribution is 2.55. The Hall–Kier alpha value is -1.35. The molecular formula is C19H26N2O. The number of hydrogen-bond donors (Lipinski definition) is 1. The fourth-order valence-electron chi connectivity index (χ4n) is 5.26. The van der Waals surface area contributed by atoms with Gasteiger partial charge in [0.15, 0.2) is 0 Å².